The second kappa shape index (κ2) is 12.5. The zero-order chi connectivity index (χ0) is 30.7. The minimum Gasteiger partial charge on any atom is -0.494 e. The fourth-order valence-electron chi connectivity index (χ4n) is 4.60. The predicted octanol–water partition coefficient (Wildman–Crippen LogP) is 6.18. The maximum Gasteiger partial charge on any atom is 0.335 e. The van der Waals surface area contributed by atoms with Crippen LogP contribution in [0, 0.1) is 23.3 Å². The Morgan fingerprint density at radius 3 is 2.40 bits per heavy atom. The molecule has 0 saturated heterocycles. The van der Waals surface area contributed by atoms with Crippen molar-refractivity contribution in [2.75, 3.05) is 20.8 Å². The van der Waals surface area contributed by atoms with E-state index in [1.54, 1.807) is 10.6 Å². The van der Waals surface area contributed by atoms with Crippen LogP contribution < -0.4 is 9.47 Å². The number of halogens is 4. The lowest BCUT2D eigenvalue weighted by molar-refractivity contribution is 0.0697. The third kappa shape index (κ3) is 6.28. The van der Waals surface area contributed by atoms with Crippen LogP contribution in [-0.4, -0.2) is 46.4 Å². The van der Waals surface area contributed by atoms with Crippen LogP contribution in [0.1, 0.15) is 27.3 Å². The average Bonchev–Trinajstić information content (AvgIpc) is 3.33. The van der Waals surface area contributed by atoms with Crippen molar-refractivity contribution in [3.63, 3.8) is 0 Å². The maximum atomic E-state index is 15.4. The van der Waals surface area contributed by atoms with Gasteiger partial charge in [-0.1, -0.05) is 6.07 Å². The van der Waals surface area contributed by atoms with E-state index >= 15 is 8.78 Å². The molecule has 0 spiro atoms. The summed E-state index contributed by atoms with van der Waals surface area (Å²) in [5.41, 5.74) is 0.984. The number of aromatic nitrogens is 3. The first-order chi connectivity index (χ1) is 20.7. The molecule has 0 aliphatic carbocycles. The smallest absolute Gasteiger partial charge is 0.335 e. The van der Waals surface area contributed by atoms with Gasteiger partial charge in [0.1, 0.15) is 29.9 Å². The largest absolute Gasteiger partial charge is 0.494 e. The number of hydrogen-bond acceptors (Lipinski definition) is 6. The van der Waals surface area contributed by atoms with Crippen molar-refractivity contribution in [3.8, 4) is 22.9 Å². The lowest BCUT2D eigenvalue weighted by Crippen LogP contribution is -2.10. The highest BCUT2D eigenvalue weighted by Crippen LogP contribution is 2.29. The van der Waals surface area contributed by atoms with E-state index in [0.29, 0.717) is 23.4 Å². The van der Waals surface area contributed by atoms with Crippen LogP contribution in [0.4, 0.5) is 17.6 Å². The zero-order valence-electron chi connectivity index (χ0n) is 23.0. The normalized spacial score (nSPS) is 11.2. The molecule has 0 unspecified atom stereocenters. The number of hydrogen-bond donors (Lipinski definition) is 1. The van der Waals surface area contributed by atoms with Crippen LogP contribution in [0.3, 0.4) is 0 Å². The van der Waals surface area contributed by atoms with E-state index in [4.69, 9.17) is 14.2 Å². The van der Waals surface area contributed by atoms with E-state index in [1.807, 2.05) is 0 Å². The van der Waals surface area contributed by atoms with Crippen LogP contribution in [-0.2, 0) is 24.3 Å². The Morgan fingerprint density at radius 2 is 1.65 bits per heavy atom. The number of benzene rings is 3. The molecule has 43 heavy (non-hydrogen) atoms. The molecule has 1 N–H and O–H groups in total. The van der Waals surface area contributed by atoms with Crippen molar-refractivity contribution in [1.82, 2.24) is 14.5 Å². The summed E-state index contributed by atoms with van der Waals surface area (Å²) in [4.78, 5) is 20.2. The summed E-state index contributed by atoms with van der Waals surface area (Å²) in [7, 11) is 2.73. The number of carboxylic acid groups (broad SMARTS) is 1. The molecule has 0 radical (unpaired) electrons. The number of carboxylic acids is 1. The van der Waals surface area contributed by atoms with E-state index in [1.165, 1.54) is 44.6 Å². The highest BCUT2D eigenvalue weighted by molar-refractivity contribution is 5.92. The molecule has 222 valence electrons. The minimum absolute atomic E-state index is 0.00963. The molecule has 8 nitrogen and oxygen atoms in total. The third-order valence-electron chi connectivity index (χ3n) is 6.77. The summed E-state index contributed by atoms with van der Waals surface area (Å²) in [6.07, 6.45) is -0.0790. The number of pyridine rings is 1. The summed E-state index contributed by atoms with van der Waals surface area (Å²) >= 11 is 0. The number of imidazole rings is 1. The Morgan fingerprint density at radius 1 is 0.884 bits per heavy atom. The van der Waals surface area contributed by atoms with Gasteiger partial charge in [-0.3, -0.25) is 0 Å². The Labute approximate surface area is 243 Å². The predicted molar refractivity (Wildman–Crippen MR) is 148 cm³/mol. The molecule has 0 aliphatic heterocycles. The van der Waals surface area contributed by atoms with Crippen molar-refractivity contribution >= 4 is 17.0 Å². The van der Waals surface area contributed by atoms with Crippen molar-refractivity contribution in [2.24, 2.45) is 0 Å². The van der Waals surface area contributed by atoms with Gasteiger partial charge in [-0.05, 0) is 48.0 Å². The molecule has 5 rings (SSSR count). The van der Waals surface area contributed by atoms with Gasteiger partial charge in [0.05, 0.1) is 36.0 Å². The second-order valence-electron chi connectivity index (χ2n) is 9.51. The molecule has 0 aliphatic rings. The summed E-state index contributed by atoms with van der Waals surface area (Å²) < 4.78 is 76.1. The van der Waals surface area contributed by atoms with Gasteiger partial charge in [-0.2, -0.15) is 0 Å². The molecule has 0 amide bonds. The Hall–Kier alpha value is -4.97. The van der Waals surface area contributed by atoms with Crippen molar-refractivity contribution in [2.45, 2.75) is 19.6 Å². The maximum absolute atomic E-state index is 15.4. The Bertz CT molecular complexity index is 1830. The van der Waals surface area contributed by atoms with Crippen LogP contribution in [0.25, 0.3) is 22.3 Å². The molecule has 0 atom stereocenters. The van der Waals surface area contributed by atoms with E-state index in [9.17, 15) is 18.7 Å². The topological polar surface area (TPSA) is 95.7 Å². The molecule has 0 fully saturated rings. The number of rotatable bonds is 11. The quantitative estimate of drug-likeness (QED) is 0.182. The number of fused-ring (bicyclic) bond motifs is 1. The van der Waals surface area contributed by atoms with Gasteiger partial charge in [0, 0.05) is 43.3 Å². The van der Waals surface area contributed by atoms with Crippen LogP contribution in [0.5, 0.6) is 11.6 Å². The van der Waals surface area contributed by atoms with Crippen molar-refractivity contribution < 1.29 is 41.7 Å². The summed E-state index contributed by atoms with van der Waals surface area (Å²) in [5.74, 6) is -3.93. The molecule has 0 saturated carbocycles. The van der Waals surface area contributed by atoms with Crippen LogP contribution in [0.15, 0.2) is 60.7 Å². The van der Waals surface area contributed by atoms with E-state index in [2.05, 4.69) is 9.97 Å². The Kier molecular flexibility index (Phi) is 8.58. The lowest BCUT2D eigenvalue weighted by Gasteiger charge is -2.12. The second-order valence-corrected chi connectivity index (χ2v) is 9.51. The Balaban J connectivity index is 1.40. The van der Waals surface area contributed by atoms with Gasteiger partial charge >= 0.3 is 5.97 Å². The average molecular weight is 596 g/mol. The van der Waals surface area contributed by atoms with Crippen molar-refractivity contribution in [1.29, 1.82) is 0 Å². The van der Waals surface area contributed by atoms with Gasteiger partial charge in [0.2, 0.25) is 5.88 Å². The molecule has 3 aromatic carbocycles. The van der Waals surface area contributed by atoms with Crippen molar-refractivity contribution in [3.05, 3.63) is 106 Å². The van der Waals surface area contributed by atoms with Crippen LogP contribution >= 0.6 is 0 Å². The number of methoxy groups -OCH3 is 2. The first-order valence-corrected chi connectivity index (χ1v) is 13.0. The SMILES string of the molecule is COCCn1c(Cc2cc(F)c(-c3cccc(OCc4cc(F)c(OC)cc4F)n3)cc2F)nc2ccc(C(=O)O)cc21. The molecule has 2 heterocycles. The third-order valence-corrected chi connectivity index (χ3v) is 6.77. The van der Waals surface area contributed by atoms with E-state index in [-0.39, 0.29) is 59.2 Å². The van der Waals surface area contributed by atoms with Crippen LogP contribution in [0.2, 0.25) is 0 Å². The highest BCUT2D eigenvalue weighted by atomic mass is 19.1. The van der Waals surface area contributed by atoms with Gasteiger partial charge in [0.25, 0.3) is 0 Å². The monoisotopic (exact) mass is 595 g/mol. The first kappa shape index (κ1) is 29.5. The highest BCUT2D eigenvalue weighted by Gasteiger charge is 2.19. The van der Waals surface area contributed by atoms with Gasteiger partial charge in [0.15, 0.2) is 11.6 Å². The fourth-order valence-corrected chi connectivity index (χ4v) is 4.60. The molecule has 2 aromatic heterocycles. The molecular formula is C31H25F4N3O5. The number of carbonyl (C=O) groups is 1. The molecule has 5 aromatic rings. The fraction of sp³-hybridized carbons (Fsp3) is 0.194. The van der Waals surface area contributed by atoms with E-state index < -0.39 is 29.2 Å². The van der Waals surface area contributed by atoms with E-state index in [0.717, 1.165) is 24.3 Å². The molecule has 12 heteroatoms. The number of aromatic carboxylic acids is 1. The molecular weight excluding hydrogens is 570 g/mol. The summed E-state index contributed by atoms with van der Waals surface area (Å²) in [6, 6.07) is 12.8. The minimum atomic E-state index is -1.10. The van der Waals surface area contributed by atoms with Gasteiger partial charge in [-0.15, -0.1) is 0 Å². The van der Waals surface area contributed by atoms with Gasteiger partial charge < -0.3 is 23.9 Å². The number of ether oxygens (including phenoxy) is 3. The van der Waals surface area contributed by atoms with Gasteiger partial charge in [-0.25, -0.2) is 32.3 Å². The summed E-state index contributed by atoms with van der Waals surface area (Å²) in [5, 5.41) is 9.39. The molecule has 0 bridgehead atoms. The summed E-state index contributed by atoms with van der Waals surface area (Å²) in [6.45, 7) is 0.240. The zero-order valence-corrected chi connectivity index (χ0v) is 23.0. The first-order valence-electron chi connectivity index (χ1n) is 13.0. The standard InChI is InChI=1S/C31H25F4N3O5/c1-41-9-8-38-27-12-17(31(39)40)6-7-26(27)36-29(38)13-18-10-23(34)20(14-21(18)32)25-4-3-5-30(37-25)43-16-19-11-24(35)28(42-2)15-22(19)33/h3-7,10-12,14-15H,8-9,13,16H2,1-2H3,(H,39,40). The number of nitrogens with zero attached hydrogens (tertiary/aromatic N) is 3. The lowest BCUT2D eigenvalue weighted by atomic mass is 10.0.